The van der Waals surface area contributed by atoms with E-state index in [1.165, 1.54) is 5.56 Å². The first-order valence-electron chi connectivity index (χ1n) is 7.80. The van der Waals surface area contributed by atoms with E-state index in [9.17, 15) is 5.11 Å². The summed E-state index contributed by atoms with van der Waals surface area (Å²) < 4.78 is -0.0398. The number of rotatable bonds is 5. The van der Waals surface area contributed by atoms with Crippen molar-refractivity contribution in [3.8, 4) is 0 Å². The van der Waals surface area contributed by atoms with Gasteiger partial charge in [0.2, 0.25) is 0 Å². The number of thioether (sulfide) groups is 2. The molecule has 22 heavy (non-hydrogen) atoms. The van der Waals surface area contributed by atoms with Crippen molar-refractivity contribution in [1.82, 2.24) is 0 Å². The van der Waals surface area contributed by atoms with Gasteiger partial charge < -0.3 is 5.11 Å². The molecule has 1 aliphatic heterocycles. The summed E-state index contributed by atoms with van der Waals surface area (Å²) in [7, 11) is 0. The normalized spacial score (nSPS) is 19.7. The minimum absolute atomic E-state index is 0.0398. The second-order valence-corrected chi connectivity index (χ2v) is 8.79. The Hall–Kier alpha value is -0.900. The lowest BCUT2D eigenvalue weighted by Gasteiger charge is -2.37. The van der Waals surface area contributed by atoms with Crippen LogP contribution in [-0.4, -0.2) is 16.6 Å². The summed E-state index contributed by atoms with van der Waals surface area (Å²) >= 11 is 3.97. The maximum absolute atomic E-state index is 11.4. The quantitative estimate of drug-likeness (QED) is 0.832. The van der Waals surface area contributed by atoms with Crippen LogP contribution in [0.5, 0.6) is 0 Å². The second-order valence-electron chi connectivity index (χ2n) is 5.74. The molecule has 3 heteroatoms. The molecule has 0 radical (unpaired) electrons. The molecule has 2 aromatic rings. The summed E-state index contributed by atoms with van der Waals surface area (Å²) in [5.41, 5.74) is 1.58. The maximum Gasteiger partial charge on any atom is 0.0918 e. The van der Waals surface area contributed by atoms with E-state index in [4.69, 9.17) is 0 Å². The molecule has 1 saturated heterocycles. The molecule has 116 valence electrons. The van der Waals surface area contributed by atoms with Crippen LogP contribution < -0.4 is 0 Å². The maximum atomic E-state index is 11.4. The minimum atomic E-state index is -0.776. The lowest BCUT2D eigenvalue weighted by molar-refractivity contribution is 0.0202. The lowest BCUT2D eigenvalue weighted by Crippen LogP contribution is -2.33. The average Bonchev–Trinajstić information content (AvgIpc) is 3.06. The average molecular weight is 331 g/mol. The molecule has 0 saturated carbocycles. The third-order valence-electron chi connectivity index (χ3n) is 4.39. The van der Waals surface area contributed by atoms with Crippen LogP contribution in [0, 0.1) is 0 Å². The predicted molar refractivity (Wildman–Crippen MR) is 98.3 cm³/mol. The van der Waals surface area contributed by atoms with Gasteiger partial charge >= 0.3 is 0 Å². The van der Waals surface area contributed by atoms with Gasteiger partial charge in [0, 0.05) is 17.9 Å². The number of hydrogen-bond acceptors (Lipinski definition) is 3. The summed E-state index contributed by atoms with van der Waals surface area (Å²) in [4.78, 5) is 0. The largest absolute Gasteiger partial charge is 0.385 e. The van der Waals surface area contributed by atoms with Crippen LogP contribution in [0.25, 0.3) is 0 Å². The van der Waals surface area contributed by atoms with Gasteiger partial charge in [-0.2, -0.15) is 0 Å². The van der Waals surface area contributed by atoms with Crippen molar-refractivity contribution in [3.63, 3.8) is 0 Å². The first kappa shape index (κ1) is 16.0. The molecule has 0 aromatic heterocycles. The first-order valence-corrected chi connectivity index (χ1v) is 9.77. The van der Waals surface area contributed by atoms with Crippen molar-refractivity contribution >= 4 is 23.5 Å². The van der Waals surface area contributed by atoms with E-state index < -0.39 is 5.60 Å². The minimum Gasteiger partial charge on any atom is -0.385 e. The molecule has 3 rings (SSSR count). The lowest BCUT2D eigenvalue weighted by atomic mass is 9.85. The van der Waals surface area contributed by atoms with Crippen LogP contribution in [0.3, 0.4) is 0 Å². The summed E-state index contributed by atoms with van der Waals surface area (Å²) in [5, 5.41) is 11.4. The smallest absolute Gasteiger partial charge is 0.0918 e. The van der Waals surface area contributed by atoms with Gasteiger partial charge in [-0.15, -0.1) is 23.5 Å². The van der Waals surface area contributed by atoms with E-state index in [1.807, 2.05) is 53.9 Å². The van der Waals surface area contributed by atoms with Crippen molar-refractivity contribution in [2.24, 2.45) is 0 Å². The summed E-state index contributed by atoms with van der Waals surface area (Å²) in [5.74, 6) is 2.29. The fraction of sp³-hybridized carbons (Fsp3) is 0.368. The Morgan fingerprint density at radius 1 is 0.955 bits per heavy atom. The van der Waals surface area contributed by atoms with Gasteiger partial charge in [0.15, 0.2) is 0 Å². The molecular formula is C19H22OS2. The van der Waals surface area contributed by atoms with Gasteiger partial charge in [0.05, 0.1) is 9.68 Å². The molecule has 0 aliphatic carbocycles. The van der Waals surface area contributed by atoms with Gasteiger partial charge in [-0.25, -0.2) is 0 Å². The molecule has 0 spiro atoms. The Balaban J connectivity index is 1.97. The Kier molecular flexibility index (Phi) is 4.86. The summed E-state index contributed by atoms with van der Waals surface area (Å²) in [6.07, 6.45) is 1.48. The zero-order valence-electron chi connectivity index (χ0n) is 12.9. The third kappa shape index (κ3) is 3.08. The van der Waals surface area contributed by atoms with Crippen molar-refractivity contribution in [1.29, 1.82) is 0 Å². The van der Waals surface area contributed by atoms with Crippen LogP contribution in [0.15, 0.2) is 60.7 Å². The van der Waals surface area contributed by atoms with Crippen molar-refractivity contribution < 1.29 is 5.11 Å². The second kappa shape index (κ2) is 6.69. The predicted octanol–water partition coefficient (Wildman–Crippen LogP) is 5.01. The Morgan fingerprint density at radius 2 is 1.50 bits per heavy atom. The molecule has 1 atom stereocenters. The molecule has 0 amide bonds. The van der Waals surface area contributed by atoms with Crippen molar-refractivity contribution in [3.05, 3.63) is 71.8 Å². The van der Waals surface area contributed by atoms with E-state index in [2.05, 4.69) is 37.3 Å². The molecule has 1 unspecified atom stereocenters. The summed E-state index contributed by atoms with van der Waals surface area (Å²) in [6.45, 7) is 2.08. The Labute approximate surface area is 141 Å². The topological polar surface area (TPSA) is 20.2 Å². The molecule has 2 aromatic carbocycles. The first-order chi connectivity index (χ1) is 10.7. The third-order valence-corrected chi connectivity index (χ3v) is 7.86. The SMILES string of the molecule is CCC(O)(CC1(c2ccccc2)SCCS1)c1ccccc1. The van der Waals surface area contributed by atoms with Gasteiger partial charge in [-0.05, 0) is 17.5 Å². The highest BCUT2D eigenvalue weighted by Gasteiger charge is 2.44. The Bertz CT molecular complexity index is 593. The van der Waals surface area contributed by atoms with Gasteiger partial charge in [-0.3, -0.25) is 0 Å². The molecule has 1 N–H and O–H groups in total. The molecule has 1 heterocycles. The van der Waals surface area contributed by atoms with E-state index in [0.717, 1.165) is 29.9 Å². The van der Waals surface area contributed by atoms with E-state index in [1.54, 1.807) is 0 Å². The van der Waals surface area contributed by atoms with E-state index in [-0.39, 0.29) is 4.08 Å². The monoisotopic (exact) mass is 330 g/mol. The highest BCUT2D eigenvalue weighted by Crippen LogP contribution is 2.57. The van der Waals surface area contributed by atoms with Crippen LogP contribution in [-0.2, 0) is 9.68 Å². The van der Waals surface area contributed by atoms with Gasteiger partial charge in [0.25, 0.3) is 0 Å². The number of aliphatic hydroxyl groups is 1. The zero-order chi connectivity index (χ0) is 15.5. The van der Waals surface area contributed by atoms with E-state index >= 15 is 0 Å². The van der Waals surface area contributed by atoms with Gasteiger partial charge in [-0.1, -0.05) is 67.6 Å². The highest BCUT2D eigenvalue weighted by molar-refractivity contribution is 8.20. The standard InChI is InChI=1S/C19H22OS2/c1-2-18(20,16-9-5-3-6-10-16)15-19(21-13-14-22-19)17-11-7-4-8-12-17/h3-12,20H,2,13-15H2,1H3. The molecule has 1 aliphatic rings. The van der Waals surface area contributed by atoms with Crippen LogP contribution in [0.4, 0.5) is 0 Å². The fourth-order valence-electron chi connectivity index (χ4n) is 3.08. The van der Waals surface area contributed by atoms with Crippen molar-refractivity contribution in [2.75, 3.05) is 11.5 Å². The number of benzene rings is 2. The van der Waals surface area contributed by atoms with Crippen LogP contribution >= 0.6 is 23.5 Å². The Morgan fingerprint density at radius 3 is 2.05 bits per heavy atom. The number of hydrogen-bond donors (Lipinski definition) is 1. The molecule has 1 fully saturated rings. The van der Waals surface area contributed by atoms with Crippen LogP contribution in [0.2, 0.25) is 0 Å². The highest BCUT2D eigenvalue weighted by atomic mass is 32.2. The van der Waals surface area contributed by atoms with Crippen molar-refractivity contribution in [2.45, 2.75) is 29.4 Å². The molecule has 1 nitrogen and oxygen atoms in total. The van der Waals surface area contributed by atoms with Crippen LogP contribution in [0.1, 0.15) is 30.9 Å². The fourth-order valence-corrected chi connectivity index (χ4v) is 6.53. The summed E-state index contributed by atoms with van der Waals surface area (Å²) in [6, 6.07) is 20.8. The van der Waals surface area contributed by atoms with E-state index in [0.29, 0.717) is 0 Å². The van der Waals surface area contributed by atoms with Gasteiger partial charge in [0.1, 0.15) is 0 Å². The molecule has 0 bridgehead atoms. The molecular weight excluding hydrogens is 308 g/mol. The zero-order valence-corrected chi connectivity index (χ0v) is 14.5.